The van der Waals surface area contributed by atoms with Crippen molar-refractivity contribution < 1.29 is 0 Å². The van der Waals surface area contributed by atoms with E-state index in [0.717, 1.165) is 33.2 Å². The van der Waals surface area contributed by atoms with E-state index < -0.39 is 0 Å². The van der Waals surface area contributed by atoms with Gasteiger partial charge in [-0.1, -0.05) is 121 Å². The molecule has 3 nitrogen and oxygen atoms in total. The van der Waals surface area contributed by atoms with Gasteiger partial charge < -0.3 is 0 Å². The number of para-hydroxylation sites is 1. The molecule has 7 aromatic carbocycles. The van der Waals surface area contributed by atoms with Gasteiger partial charge in [0.25, 0.3) is 0 Å². The molecule has 2 heterocycles. The van der Waals surface area contributed by atoms with Crippen molar-refractivity contribution in [3.63, 3.8) is 0 Å². The average Bonchev–Trinajstić information content (AvgIpc) is 3.40. The van der Waals surface area contributed by atoms with Crippen molar-refractivity contribution in [3.05, 3.63) is 152 Å². The van der Waals surface area contributed by atoms with Gasteiger partial charge in [0, 0.05) is 21.7 Å². The van der Waals surface area contributed by atoms with E-state index in [4.69, 9.17) is 9.97 Å². The number of nitrogens with zero attached hydrogens (tertiary/aromatic N) is 3. The fourth-order valence-electron chi connectivity index (χ4n) is 7.40. The molecular weight excluding hydrogens is 546 g/mol. The number of fused-ring (bicyclic) bond motifs is 4. The SMILES string of the molecule is c1ccc(-c2cc3c4c(ccc5c4c4c(cccc4n5-c4nc(-c5ccccc5)c5ccccc5n4)-c4ccccc4-3)c2)cc1. The number of benzene rings is 7. The standard InChI is InChI=1S/C42H25N3/c1-3-12-26(13-4-1)29-24-28-22-23-37-40-38(28)34(25-29)31-17-8-7-16-30(31)32-19-11-21-36(39(32)40)45(37)42-43-35-20-10-9-18-33(35)41(44-42)27-14-5-2-6-15-27/h1-25H. The lowest BCUT2D eigenvalue weighted by molar-refractivity contribution is 1.01. The smallest absolute Gasteiger partial charge is 0.235 e. The zero-order valence-corrected chi connectivity index (χ0v) is 24.3. The Balaban J connectivity index is 1.37. The Bertz CT molecular complexity index is 2630. The van der Waals surface area contributed by atoms with E-state index >= 15 is 0 Å². The Morgan fingerprint density at radius 1 is 0.400 bits per heavy atom. The molecule has 9 aromatic rings. The first kappa shape index (κ1) is 24.4. The third-order valence-electron chi connectivity index (χ3n) is 9.32. The van der Waals surface area contributed by atoms with E-state index in [2.05, 4.69) is 150 Å². The van der Waals surface area contributed by atoms with Crippen LogP contribution in [0.25, 0.3) is 94.1 Å². The minimum Gasteiger partial charge on any atom is -0.278 e. The molecule has 3 heteroatoms. The summed E-state index contributed by atoms with van der Waals surface area (Å²) in [6.45, 7) is 0. The van der Waals surface area contributed by atoms with Crippen molar-refractivity contribution in [2.75, 3.05) is 0 Å². The largest absolute Gasteiger partial charge is 0.278 e. The Morgan fingerprint density at radius 3 is 1.89 bits per heavy atom. The van der Waals surface area contributed by atoms with Gasteiger partial charge in [-0.25, -0.2) is 9.97 Å². The first-order valence-electron chi connectivity index (χ1n) is 15.4. The van der Waals surface area contributed by atoms with Gasteiger partial charge in [-0.05, 0) is 74.5 Å². The second-order valence-electron chi connectivity index (χ2n) is 11.8. The third kappa shape index (κ3) is 3.46. The highest BCUT2D eigenvalue weighted by atomic mass is 15.2. The predicted molar refractivity (Wildman–Crippen MR) is 187 cm³/mol. The van der Waals surface area contributed by atoms with E-state index in [1.165, 1.54) is 54.9 Å². The molecule has 0 unspecified atom stereocenters. The maximum absolute atomic E-state index is 5.31. The van der Waals surface area contributed by atoms with E-state index in [0.29, 0.717) is 5.95 Å². The van der Waals surface area contributed by atoms with Crippen molar-refractivity contribution in [1.82, 2.24) is 14.5 Å². The van der Waals surface area contributed by atoms with Crippen LogP contribution in [0.3, 0.4) is 0 Å². The van der Waals surface area contributed by atoms with Gasteiger partial charge in [0.15, 0.2) is 0 Å². The summed E-state index contributed by atoms with van der Waals surface area (Å²) in [6.07, 6.45) is 0. The summed E-state index contributed by atoms with van der Waals surface area (Å²) >= 11 is 0. The second-order valence-corrected chi connectivity index (χ2v) is 11.8. The minimum absolute atomic E-state index is 0.681. The van der Waals surface area contributed by atoms with Crippen molar-refractivity contribution in [2.24, 2.45) is 0 Å². The molecule has 10 rings (SSSR count). The van der Waals surface area contributed by atoms with Crippen LogP contribution in [0.1, 0.15) is 0 Å². The zero-order chi connectivity index (χ0) is 29.5. The van der Waals surface area contributed by atoms with Crippen LogP contribution in [0.15, 0.2) is 152 Å². The molecule has 45 heavy (non-hydrogen) atoms. The molecule has 0 saturated heterocycles. The molecular formula is C42H25N3. The van der Waals surface area contributed by atoms with E-state index in [-0.39, 0.29) is 0 Å². The predicted octanol–water partition coefficient (Wildman–Crippen LogP) is 10.9. The third-order valence-corrected chi connectivity index (χ3v) is 9.32. The Labute approximate surface area is 259 Å². The van der Waals surface area contributed by atoms with Crippen LogP contribution >= 0.6 is 0 Å². The van der Waals surface area contributed by atoms with E-state index in [9.17, 15) is 0 Å². The molecule has 0 aliphatic heterocycles. The highest BCUT2D eigenvalue weighted by molar-refractivity contribution is 6.30. The summed E-state index contributed by atoms with van der Waals surface area (Å²) in [5, 5.41) is 6.05. The first-order chi connectivity index (χ1) is 22.3. The Kier molecular flexibility index (Phi) is 5.00. The van der Waals surface area contributed by atoms with Crippen molar-refractivity contribution in [2.45, 2.75) is 0 Å². The first-order valence-corrected chi connectivity index (χ1v) is 15.4. The molecule has 0 spiro atoms. The summed E-state index contributed by atoms with van der Waals surface area (Å²) in [6, 6.07) is 54.2. The molecule has 0 fully saturated rings. The van der Waals surface area contributed by atoms with Gasteiger partial charge in [0.1, 0.15) is 0 Å². The van der Waals surface area contributed by atoms with Gasteiger partial charge in [-0.2, -0.15) is 0 Å². The molecule has 208 valence electrons. The molecule has 1 aliphatic rings. The van der Waals surface area contributed by atoms with Gasteiger partial charge >= 0.3 is 0 Å². The van der Waals surface area contributed by atoms with Crippen molar-refractivity contribution >= 4 is 43.5 Å². The van der Waals surface area contributed by atoms with Crippen LogP contribution in [-0.2, 0) is 0 Å². The Morgan fingerprint density at radius 2 is 1.07 bits per heavy atom. The van der Waals surface area contributed by atoms with Crippen LogP contribution in [0, 0.1) is 0 Å². The average molecular weight is 572 g/mol. The maximum Gasteiger partial charge on any atom is 0.235 e. The fraction of sp³-hybridized carbons (Fsp3) is 0. The summed E-state index contributed by atoms with van der Waals surface area (Å²) in [5.41, 5.74) is 12.6. The lowest BCUT2D eigenvalue weighted by Gasteiger charge is -2.15. The van der Waals surface area contributed by atoms with Gasteiger partial charge in [-0.3, -0.25) is 4.57 Å². The molecule has 0 atom stereocenters. The lowest BCUT2D eigenvalue weighted by atomic mass is 9.90. The van der Waals surface area contributed by atoms with Gasteiger partial charge in [-0.15, -0.1) is 0 Å². The number of rotatable bonds is 3. The van der Waals surface area contributed by atoms with Gasteiger partial charge in [0.05, 0.1) is 22.2 Å². The van der Waals surface area contributed by atoms with Crippen LogP contribution in [0.2, 0.25) is 0 Å². The van der Waals surface area contributed by atoms with Crippen LogP contribution < -0.4 is 0 Å². The summed E-state index contributed by atoms with van der Waals surface area (Å²) in [5.74, 6) is 0.681. The zero-order valence-electron chi connectivity index (χ0n) is 24.3. The molecule has 2 aromatic heterocycles. The molecule has 0 N–H and O–H groups in total. The lowest BCUT2D eigenvalue weighted by Crippen LogP contribution is -2.03. The van der Waals surface area contributed by atoms with Crippen LogP contribution in [0.5, 0.6) is 0 Å². The highest BCUT2D eigenvalue weighted by Gasteiger charge is 2.26. The minimum atomic E-state index is 0.681. The number of hydrogen-bond donors (Lipinski definition) is 0. The molecule has 0 amide bonds. The van der Waals surface area contributed by atoms with Gasteiger partial charge in [0.2, 0.25) is 5.95 Å². The van der Waals surface area contributed by atoms with E-state index in [1.54, 1.807) is 0 Å². The van der Waals surface area contributed by atoms with Crippen LogP contribution in [-0.4, -0.2) is 14.5 Å². The summed E-state index contributed by atoms with van der Waals surface area (Å²) in [4.78, 5) is 10.5. The fourth-order valence-corrected chi connectivity index (χ4v) is 7.40. The van der Waals surface area contributed by atoms with Crippen molar-refractivity contribution in [1.29, 1.82) is 0 Å². The Hall–Kier alpha value is -6.06. The highest BCUT2D eigenvalue weighted by Crippen LogP contribution is 2.50. The normalized spacial score (nSPS) is 12.0. The molecule has 0 bridgehead atoms. The molecule has 0 saturated carbocycles. The monoisotopic (exact) mass is 571 g/mol. The molecule has 1 aliphatic carbocycles. The number of aromatic nitrogens is 3. The van der Waals surface area contributed by atoms with Crippen molar-refractivity contribution in [3.8, 4) is 50.6 Å². The maximum atomic E-state index is 5.31. The topological polar surface area (TPSA) is 30.7 Å². The molecule has 0 radical (unpaired) electrons. The summed E-state index contributed by atoms with van der Waals surface area (Å²) in [7, 11) is 0. The number of hydrogen-bond acceptors (Lipinski definition) is 2. The van der Waals surface area contributed by atoms with E-state index in [1.807, 2.05) is 6.07 Å². The summed E-state index contributed by atoms with van der Waals surface area (Å²) < 4.78 is 2.27. The quantitative estimate of drug-likeness (QED) is 0.211. The second kappa shape index (κ2) is 9.22. The van der Waals surface area contributed by atoms with Crippen LogP contribution in [0.4, 0.5) is 0 Å².